The fraction of sp³-hybridized carbons (Fsp3) is 0.300. The van der Waals surface area contributed by atoms with Crippen LogP contribution in [0.5, 0.6) is 0 Å². The number of rotatable bonds is 5. The Labute approximate surface area is 170 Å². The van der Waals surface area contributed by atoms with Crippen molar-refractivity contribution in [3.63, 3.8) is 0 Å². The highest BCUT2D eigenvalue weighted by Crippen LogP contribution is 2.37. The molecule has 0 unspecified atom stereocenters. The average molecular weight is 428 g/mol. The molecule has 0 aliphatic heterocycles. The number of carbonyl (C=O) groups excluding carboxylic acids is 2. The van der Waals surface area contributed by atoms with Crippen molar-refractivity contribution in [1.82, 2.24) is 0 Å². The molecule has 0 fully saturated rings. The number of amides is 2. The first kappa shape index (κ1) is 22.7. The van der Waals surface area contributed by atoms with Gasteiger partial charge in [0.2, 0.25) is 5.91 Å². The number of anilines is 2. The molecule has 0 radical (unpaired) electrons. The maximum absolute atomic E-state index is 13.7. The van der Waals surface area contributed by atoms with Crippen LogP contribution >= 0.6 is 11.8 Å². The largest absolute Gasteiger partial charge is 0.418 e. The summed E-state index contributed by atoms with van der Waals surface area (Å²) in [5, 5.41) is 4.50. The molecule has 0 aliphatic rings. The van der Waals surface area contributed by atoms with Gasteiger partial charge in [0, 0.05) is 10.4 Å². The van der Waals surface area contributed by atoms with E-state index in [1.165, 1.54) is 36.0 Å². The minimum atomic E-state index is -4.77. The molecule has 2 aromatic carbocycles. The van der Waals surface area contributed by atoms with Gasteiger partial charge in [0.05, 0.1) is 22.6 Å². The third-order valence-electron chi connectivity index (χ3n) is 3.61. The fourth-order valence-electron chi connectivity index (χ4n) is 2.28. The molecule has 4 nitrogen and oxygen atoms in total. The molecule has 0 aromatic heterocycles. The van der Waals surface area contributed by atoms with Crippen molar-refractivity contribution in [2.24, 2.45) is 0 Å². The molecule has 9 heteroatoms. The maximum Gasteiger partial charge on any atom is 0.418 e. The van der Waals surface area contributed by atoms with Crippen LogP contribution in [0.4, 0.5) is 28.9 Å². The van der Waals surface area contributed by atoms with E-state index < -0.39 is 35.1 Å². The lowest BCUT2D eigenvalue weighted by Crippen LogP contribution is -2.21. The predicted octanol–water partition coefficient (Wildman–Crippen LogP) is 5.57. The van der Waals surface area contributed by atoms with Crippen molar-refractivity contribution in [2.45, 2.75) is 31.7 Å². The Morgan fingerprint density at radius 2 is 1.66 bits per heavy atom. The van der Waals surface area contributed by atoms with Gasteiger partial charge in [0.25, 0.3) is 5.91 Å². The van der Waals surface area contributed by atoms with E-state index >= 15 is 0 Å². The summed E-state index contributed by atoms with van der Waals surface area (Å²) in [5.41, 5.74) is -2.00. The number of hydrogen-bond acceptors (Lipinski definition) is 3. The van der Waals surface area contributed by atoms with Crippen LogP contribution < -0.4 is 10.6 Å². The molecular weight excluding hydrogens is 408 g/mol. The van der Waals surface area contributed by atoms with Crippen LogP contribution in [0, 0.1) is 5.82 Å². The van der Waals surface area contributed by atoms with Crippen molar-refractivity contribution < 1.29 is 27.2 Å². The Balaban J connectivity index is 2.22. The van der Waals surface area contributed by atoms with Crippen LogP contribution in [0.2, 0.25) is 0 Å². The SMILES string of the molecule is CC(C)(C)SCC(=O)Nc1ccc(NC(=O)c2ccccc2F)cc1C(F)(F)F. The number of hydrogen-bond donors (Lipinski definition) is 2. The van der Waals surface area contributed by atoms with Gasteiger partial charge in [-0.3, -0.25) is 9.59 Å². The molecular formula is C20H20F4N2O2S. The molecule has 2 N–H and O–H groups in total. The molecule has 0 bridgehead atoms. The molecule has 0 saturated heterocycles. The first-order valence-electron chi connectivity index (χ1n) is 8.58. The van der Waals surface area contributed by atoms with Gasteiger partial charge < -0.3 is 10.6 Å². The van der Waals surface area contributed by atoms with Gasteiger partial charge in [0.15, 0.2) is 0 Å². The van der Waals surface area contributed by atoms with Crippen molar-refractivity contribution in [1.29, 1.82) is 0 Å². The van der Waals surface area contributed by atoms with Crippen molar-refractivity contribution in [3.8, 4) is 0 Å². The summed E-state index contributed by atoms with van der Waals surface area (Å²) in [6.45, 7) is 5.66. The molecule has 0 aliphatic carbocycles. The van der Waals surface area contributed by atoms with Gasteiger partial charge in [-0.1, -0.05) is 32.9 Å². The van der Waals surface area contributed by atoms with Gasteiger partial charge in [-0.25, -0.2) is 4.39 Å². The number of alkyl halides is 3. The van der Waals surface area contributed by atoms with Crippen molar-refractivity contribution >= 4 is 35.0 Å². The van der Waals surface area contributed by atoms with Crippen LogP contribution in [0.1, 0.15) is 36.7 Å². The molecule has 0 saturated carbocycles. The Kier molecular flexibility index (Phi) is 6.94. The first-order chi connectivity index (χ1) is 13.4. The van der Waals surface area contributed by atoms with E-state index in [4.69, 9.17) is 0 Å². The van der Waals surface area contributed by atoms with Crippen LogP contribution in [-0.4, -0.2) is 22.3 Å². The van der Waals surface area contributed by atoms with E-state index in [9.17, 15) is 27.2 Å². The fourth-order valence-corrected chi connectivity index (χ4v) is 2.91. The molecule has 0 heterocycles. The monoisotopic (exact) mass is 428 g/mol. The Morgan fingerprint density at radius 1 is 1.00 bits per heavy atom. The summed E-state index contributed by atoms with van der Waals surface area (Å²) < 4.78 is 53.8. The van der Waals surface area contributed by atoms with E-state index in [1.807, 2.05) is 20.8 Å². The molecule has 2 aromatic rings. The lowest BCUT2D eigenvalue weighted by atomic mass is 10.1. The maximum atomic E-state index is 13.7. The van der Waals surface area contributed by atoms with Crippen LogP contribution in [-0.2, 0) is 11.0 Å². The van der Waals surface area contributed by atoms with Crippen LogP contribution in [0.25, 0.3) is 0 Å². The number of thioether (sulfide) groups is 1. The lowest BCUT2D eigenvalue weighted by Gasteiger charge is -2.19. The van der Waals surface area contributed by atoms with Crippen molar-refractivity contribution in [3.05, 3.63) is 59.4 Å². The van der Waals surface area contributed by atoms with E-state index in [2.05, 4.69) is 10.6 Å². The lowest BCUT2D eigenvalue weighted by molar-refractivity contribution is -0.136. The summed E-state index contributed by atoms with van der Waals surface area (Å²) in [6, 6.07) is 8.09. The normalized spacial score (nSPS) is 11.8. The highest BCUT2D eigenvalue weighted by molar-refractivity contribution is 8.01. The van der Waals surface area contributed by atoms with Gasteiger partial charge >= 0.3 is 6.18 Å². The summed E-state index contributed by atoms with van der Waals surface area (Å²) in [7, 11) is 0. The summed E-state index contributed by atoms with van der Waals surface area (Å²) in [5.74, 6) is -2.25. The molecule has 29 heavy (non-hydrogen) atoms. The Bertz CT molecular complexity index is 908. The average Bonchev–Trinajstić information content (AvgIpc) is 2.60. The second kappa shape index (κ2) is 8.86. The number of halogens is 4. The predicted molar refractivity (Wildman–Crippen MR) is 107 cm³/mol. The van der Waals surface area contributed by atoms with Crippen LogP contribution in [0.15, 0.2) is 42.5 Å². The van der Waals surface area contributed by atoms with E-state index in [-0.39, 0.29) is 21.8 Å². The summed E-state index contributed by atoms with van der Waals surface area (Å²) in [6.07, 6.45) is -4.77. The Morgan fingerprint density at radius 3 is 2.24 bits per heavy atom. The third kappa shape index (κ3) is 6.77. The molecule has 2 rings (SSSR count). The van der Waals surface area contributed by atoms with E-state index in [1.54, 1.807) is 0 Å². The first-order valence-corrected chi connectivity index (χ1v) is 9.56. The Hall–Kier alpha value is -2.55. The van der Waals surface area contributed by atoms with Crippen molar-refractivity contribution in [2.75, 3.05) is 16.4 Å². The minimum absolute atomic E-state index is 0.00737. The quantitative estimate of drug-likeness (QED) is 0.613. The molecule has 0 spiro atoms. The van der Waals surface area contributed by atoms with Gasteiger partial charge in [0.1, 0.15) is 5.82 Å². The number of benzene rings is 2. The highest BCUT2D eigenvalue weighted by Gasteiger charge is 2.34. The van der Waals surface area contributed by atoms with E-state index in [0.717, 1.165) is 12.1 Å². The highest BCUT2D eigenvalue weighted by atomic mass is 32.2. The topological polar surface area (TPSA) is 58.2 Å². The van der Waals surface area contributed by atoms with Gasteiger partial charge in [-0.2, -0.15) is 13.2 Å². The standard InChI is InChI=1S/C20H20F4N2O2S/c1-19(2,3)29-11-17(27)26-16-9-8-12(10-14(16)20(22,23)24)25-18(28)13-6-4-5-7-15(13)21/h4-10H,11H2,1-3H3,(H,25,28)(H,26,27). The molecule has 0 atom stereocenters. The van der Waals surface area contributed by atoms with E-state index in [0.29, 0.717) is 6.07 Å². The number of carbonyl (C=O) groups is 2. The van der Waals surface area contributed by atoms with Gasteiger partial charge in [-0.05, 0) is 30.3 Å². The zero-order chi connectivity index (χ0) is 21.8. The zero-order valence-corrected chi connectivity index (χ0v) is 16.8. The second-order valence-electron chi connectivity index (χ2n) is 7.14. The third-order valence-corrected chi connectivity index (χ3v) is 4.88. The zero-order valence-electron chi connectivity index (χ0n) is 16.0. The molecule has 2 amide bonds. The summed E-state index contributed by atoms with van der Waals surface area (Å²) >= 11 is 1.30. The number of nitrogens with one attached hydrogen (secondary N) is 2. The van der Waals surface area contributed by atoms with Crippen LogP contribution in [0.3, 0.4) is 0 Å². The minimum Gasteiger partial charge on any atom is -0.325 e. The van der Waals surface area contributed by atoms with Gasteiger partial charge in [-0.15, -0.1) is 11.8 Å². The molecule has 156 valence electrons. The summed E-state index contributed by atoms with van der Waals surface area (Å²) in [4.78, 5) is 24.1. The second-order valence-corrected chi connectivity index (χ2v) is 8.94. The smallest absolute Gasteiger partial charge is 0.325 e.